The van der Waals surface area contributed by atoms with Gasteiger partial charge in [0.2, 0.25) is 11.8 Å². The number of likely N-dealkylation sites (tertiary alicyclic amines) is 1. The first-order valence-electron chi connectivity index (χ1n) is 13.9. The Morgan fingerprint density at radius 1 is 1.11 bits per heavy atom. The molecule has 8 nitrogen and oxygen atoms in total. The molecule has 5 rings (SSSR count). The average Bonchev–Trinajstić information content (AvgIpc) is 3.58. The van der Waals surface area contributed by atoms with E-state index < -0.39 is 11.3 Å². The van der Waals surface area contributed by atoms with Crippen LogP contribution in [0, 0.1) is 35.0 Å². The Bertz CT molecular complexity index is 1200. The zero-order chi connectivity index (χ0) is 27.2. The minimum absolute atomic E-state index is 0.0788. The van der Waals surface area contributed by atoms with Gasteiger partial charge < -0.3 is 27.4 Å². The number of hydrogen-bond acceptors (Lipinski definition) is 6. The van der Waals surface area contributed by atoms with E-state index in [1.54, 1.807) is 6.07 Å². The molecule has 8 heteroatoms. The smallest absolute Gasteiger partial charge is 0.248 e. The fraction of sp³-hybridized carbons (Fsp3) is 0.567. The molecule has 1 saturated heterocycles. The molecular formula is C30H40N6O2. The number of fused-ring (bicyclic) bond motifs is 3. The normalized spacial score (nSPS) is 33.2. The van der Waals surface area contributed by atoms with Gasteiger partial charge in [0.05, 0.1) is 11.5 Å². The van der Waals surface area contributed by atoms with E-state index in [1.807, 2.05) is 12.1 Å². The SMILES string of the molecule is C=C(N)C1CCC2[C@@H](CCc3cc(C(N)=O)ccc3C2(CCNCC(=C)N2C(C#N)C[C@@H]3C[C@@H]32)C(N)=O)C1. The summed E-state index contributed by atoms with van der Waals surface area (Å²) in [6, 6.07) is 8.26. The van der Waals surface area contributed by atoms with E-state index in [1.165, 1.54) is 0 Å². The van der Waals surface area contributed by atoms with E-state index in [-0.39, 0.29) is 29.7 Å². The van der Waals surface area contributed by atoms with Crippen LogP contribution in [-0.4, -0.2) is 41.9 Å². The van der Waals surface area contributed by atoms with E-state index in [4.69, 9.17) is 17.2 Å². The molecule has 1 aliphatic heterocycles. The minimum atomic E-state index is -0.869. The summed E-state index contributed by atoms with van der Waals surface area (Å²) < 4.78 is 0. The van der Waals surface area contributed by atoms with E-state index in [0.717, 1.165) is 61.8 Å². The van der Waals surface area contributed by atoms with Crippen LogP contribution in [0.2, 0.25) is 0 Å². The van der Waals surface area contributed by atoms with Gasteiger partial charge in [-0.15, -0.1) is 0 Å². The Morgan fingerprint density at radius 3 is 2.58 bits per heavy atom. The van der Waals surface area contributed by atoms with Crippen LogP contribution in [0.15, 0.2) is 42.8 Å². The monoisotopic (exact) mass is 516 g/mol. The quantitative estimate of drug-likeness (QED) is 0.370. The predicted octanol–water partition coefficient (Wildman–Crippen LogP) is 2.44. The Hall–Kier alpha value is -3.31. The fourth-order valence-electron chi connectivity index (χ4n) is 7.89. The lowest BCUT2D eigenvalue weighted by Gasteiger charge is -2.46. The van der Waals surface area contributed by atoms with E-state index >= 15 is 0 Å². The highest BCUT2D eigenvalue weighted by atomic mass is 16.1. The number of nitriles is 1. The van der Waals surface area contributed by atoms with Crippen LogP contribution in [0.5, 0.6) is 0 Å². The number of allylic oxidation sites excluding steroid dienone is 1. The molecule has 38 heavy (non-hydrogen) atoms. The second-order valence-corrected chi connectivity index (χ2v) is 11.9. The van der Waals surface area contributed by atoms with Crippen LogP contribution in [0.4, 0.5) is 0 Å². The second-order valence-electron chi connectivity index (χ2n) is 11.9. The molecule has 4 aliphatic rings. The fourth-order valence-corrected chi connectivity index (χ4v) is 7.89. The Labute approximate surface area is 225 Å². The number of carbonyl (C=O) groups is 2. The molecule has 2 amide bonds. The van der Waals surface area contributed by atoms with Gasteiger partial charge in [-0.3, -0.25) is 9.59 Å². The van der Waals surface area contributed by atoms with Gasteiger partial charge in [-0.05, 0) is 105 Å². The number of carbonyl (C=O) groups excluding carboxylic acids is 2. The van der Waals surface area contributed by atoms with Gasteiger partial charge in [-0.2, -0.15) is 5.26 Å². The first-order valence-corrected chi connectivity index (χ1v) is 13.9. The second kappa shape index (κ2) is 10.1. The van der Waals surface area contributed by atoms with Gasteiger partial charge in [0.15, 0.2) is 0 Å². The maximum atomic E-state index is 13.5. The lowest BCUT2D eigenvalue weighted by atomic mass is 9.57. The molecule has 7 atom stereocenters. The van der Waals surface area contributed by atoms with Crippen LogP contribution in [-0.2, 0) is 16.6 Å². The summed E-state index contributed by atoms with van der Waals surface area (Å²) in [5.74, 6) is 0.417. The van der Waals surface area contributed by atoms with Crippen LogP contribution >= 0.6 is 0 Å². The summed E-state index contributed by atoms with van der Waals surface area (Å²) >= 11 is 0. The minimum Gasteiger partial charge on any atom is -0.402 e. The van der Waals surface area contributed by atoms with Crippen molar-refractivity contribution in [3.63, 3.8) is 0 Å². The van der Waals surface area contributed by atoms with Crippen molar-refractivity contribution in [3.8, 4) is 6.07 Å². The number of rotatable bonds is 9. The standard InChI is InChI=1S/C30H40N6O2/c1-17(36-24(15-31)13-23-14-27(23)36)16-35-10-9-30(29(34)38)25-7-5-19(18(2)32)11-20(25)3-4-21-12-22(28(33)37)6-8-26(21)30/h6,8,12,19-20,23-25,27,35H,1-5,7,9-11,13-14,16,32H2,(H2,33,37)(H2,34,38)/t19?,20-,23+,24?,25?,27-,30?/m0/s1. The zero-order valence-corrected chi connectivity index (χ0v) is 22.1. The largest absolute Gasteiger partial charge is 0.402 e. The number of piperidine rings is 1. The average molecular weight is 517 g/mol. The molecule has 0 bridgehead atoms. The Balaban J connectivity index is 1.40. The zero-order valence-electron chi connectivity index (χ0n) is 22.1. The van der Waals surface area contributed by atoms with Crippen LogP contribution < -0.4 is 22.5 Å². The highest BCUT2D eigenvalue weighted by Crippen LogP contribution is 2.53. The maximum Gasteiger partial charge on any atom is 0.248 e. The number of nitrogens with zero attached hydrogens (tertiary/aromatic N) is 2. The molecule has 0 radical (unpaired) electrons. The summed E-state index contributed by atoms with van der Waals surface area (Å²) in [6.45, 7) is 9.42. The van der Waals surface area contributed by atoms with Crippen LogP contribution in [0.3, 0.4) is 0 Å². The maximum absolute atomic E-state index is 13.5. The predicted molar refractivity (Wildman–Crippen MR) is 146 cm³/mol. The molecule has 3 fully saturated rings. The number of primary amides is 2. The van der Waals surface area contributed by atoms with Crippen molar-refractivity contribution in [2.75, 3.05) is 13.1 Å². The highest BCUT2D eigenvalue weighted by Gasteiger charge is 2.53. The van der Waals surface area contributed by atoms with E-state index in [0.29, 0.717) is 42.7 Å². The van der Waals surface area contributed by atoms with Crippen molar-refractivity contribution in [3.05, 3.63) is 59.4 Å². The van der Waals surface area contributed by atoms with E-state index in [9.17, 15) is 14.9 Å². The molecule has 3 aliphatic carbocycles. The molecule has 1 heterocycles. The first kappa shape index (κ1) is 26.3. The number of amides is 2. The number of benzene rings is 1. The van der Waals surface area contributed by atoms with Gasteiger partial charge in [-0.1, -0.05) is 19.2 Å². The molecule has 2 saturated carbocycles. The van der Waals surface area contributed by atoms with Crippen molar-refractivity contribution >= 4 is 11.8 Å². The highest BCUT2D eigenvalue weighted by molar-refractivity contribution is 5.94. The molecule has 0 spiro atoms. The first-order chi connectivity index (χ1) is 18.2. The van der Waals surface area contributed by atoms with Crippen molar-refractivity contribution < 1.29 is 9.59 Å². The van der Waals surface area contributed by atoms with Crippen molar-refractivity contribution in [2.24, 2.45) is 40.9 Å². The number of nitrogens with two attached hydrogens (primary N) is 3. The van der Waals surface area contributed by atoms with Crippen LogP contribution in [0.25, 0.3) is 0 Å². The summed E-state index contributed by atoms with van der Waals surface area (Å²) in [5.41, 5.74) is 21.2. The van der Waals surface area contributed by atoms with Gasteiger partial charge in [0, 0.05) is 29.5 Å². The van der Waals surface area contributed by atoms with Crippen molar-refractivity contribution in [1.82, 2.24) is 10.2 Å². The summed E-state index contributed by atoms with van der Waals surface area (Å²) in [5, 5.41) is 13.1. The molecular weight excluding hydrogens is 476 g/mol. The Kier molecular flexibility index (Phi) is 6.99. The third kappa shape index (κ3) is 4.47. The molecule has 4 unspecified atom stereocenters. The number of hydrogen-bond donors (Lipinski definition) is 4. The molecule has 1 aromatic rings. The lowest BCUT2D eigenvalue weighted by Crippen LogP contribution is -2.52. The molecule has 0 aromatic heterocycles. The Morgan fingerprint density at radius 2 is 1.89 bits per heavy atom. The topological polar surface area (TPSA) is 151 Å². The third-order valence-corrected chi connectivity index (χ3v) is 9.88. The third-order valence-electron chi connectivity index (χ3n) is 9.88. The number of nitrogens with one attached hydrogen (secondary N) is 1. The van der Waals surface area contributed by atoms with Gasteiger partial charge in [0.1, 0.15) is 6.04 Å². The van der Waals surface area contributed by atoms with Gasteiger partial charge in [0.25, 0.3) is 0 Å². The van der Waals surface area contributed by atoms with Crippen molar-refractivity contribution in [2.45, 2.75) is 68.9 Å². The molecule has 1 aromatic carbocycles. The van der Waals surface area contributed by atoms with Gasteiger partial charge >= 0.3 is 0 Å². The molecule has 7 N–H and O–H groups in total. The summed E-state index contributed by atoms with van der Waals surface area (Å²) in [7, 11) is 0. The molecule has 202 valence electrons. The summed E-state index contributed by atoms with van der Waals surface area (Å²) in [6.07, 6.45) is 6.89. The van der Waals surface area contributed by atoms with E-state index in [2.05, 4.69) is 29.4 Å². The van der Waals surface area contributed by atoms with Crippen LogP contribution in [0.1, 0.15) is 66.4 Å². The number of aryl methyl sites for hydroxylation is 1. The van der Waals surface area contributed by atoms with Crippen molar-refractivity contribution in [1.29, 1.82) is 5.26 Å². The lowest BCUT2D eigenvalue weighted by molar-refractivity contribution is -0.127. The van der Waals surface area contributed by atoms with Gasteiger partial charge in [-0.25, -0.2) is 0 Å². The summed E-state index contributed by atoms with van der Waals surface area (Å²) in [4.78, 5) is 27.7.